The SMILES string of the molecule is Cc1cc(CC(=O)c2ccccc2)cs1. The Morgan fingerprint density at radius 2 is 2.00 bits per heavy atom. The van der Waals surface area contributed by atoms with Crippen LogP contribution in [0.5, 0.6) is 0 Å². The highest BCUT2D eigenvalue weighted by molar-refractivity contribution is 7.10. The maximum atomic E-state index is 11.8. The van der Waals surface area contributed by atoms with Crippen molar-refractivity contribution in [2.75, 3.05) is 0 Å². The smallest absolute Gasteiger partial charge is 0.167 e. The van der Waals surface area contributed by atoms with E-state index in [-0.39, 0.29) is 5.78 Å². The van der Waals surface area contributed by atoms with E-state index in [9.17, 15) is 4.79 Å². The van der Waals surface area contributed by atoms with Crippen LogP contribution in [0.4, 0.5) is 0 Å². The van der Waals surface area contributed by atoms with Gasteiger partial charge in [-0.05, 0) is 23.9 Å². The largest absolute Gasteiger partial charge is 0.294 e. The highest BCUT2D eigenvalue weighted by atomic mass is 32.1. The van der Waals surface area contributed by atoms with Crippen molar-refractivity contribution in [1.82, 2.24) is 0 Å². The van der Waals surface area contributed by atoms with E-state index in [4.69, 9.17) is 0 Å². The van der Waals surface area contributed by atoms with Crippen molar-refractivity contribution in [2.45, 2.75) is 13.3 Å². The Balaban J connectivity index is 2.11. The van der Waals surface area contributed by atoms with E-state index in [2.05, 4.69) is 18.4 Å². The minimum Gasteiger partial charge on any atom is -0.294 e. The van der Waals surface area contributed by atoms with Crippen LogP contribution in [0.15, 0.2) is 41.8 Å². The Kier molecular flexibility index (Phi) is 2.97. The Morgan fingerprint density at radius 1 is 1.27 bits per heavy atom. The Bertz CT molecular complexity index is 456. The van der Waals surface area contributed by atoms with Crippen molar-refractivity contribution < 1.29 is 4.79 Å². The van der Waals surface area contributed by atoms with Crippen LogP contribution < -0.4 is 0 Å². The zero-order chi connectivity index (χ0) is 10.7. The molecule has 0 radical (unpaired) electrons. The standard InChI is InChI=1S/C13H12OS/c1-10-7-11(9-15-10)8-13(14)12-5-3-2-4-6-12/h2-7,9H,8H2,1H3. The Hall–Kier alpha value is -1.41. The van der Waals surface area contributed by atoms with Crippen molar-refractivity contribution >= 4 is 17.1 Å². The van der Waals surface area contributed by atoms with Crippen LogP contribution in [0, 0.1) is 6.92 Å². The van der Waals surface area contributed by atoms with E-state index < -0.39 is 0 Å². The number of carbonyl (C=O) groups excluding carboxylic acids is 1. The van der Waals surface area contributed by atoms with Gasteiger partial charge in [-0.25, -0.2) is 0 Å². The molecule has 0 fully saturated rings. The van der Waals surface area contributed by atoms with Crippen molar-refractivity contribution in [3.8, 4) is 0 Å². The van der Waals surface area contributed by atoms with Gasteiger partial charge in [0, 0.05) is 16.9 Å². The molecule has 0 saturated heterocycles. The van der Waals surface area contributed by atoms with Gasteiger partial charge in [-0.3, -0.25) is 4.79 Å². The fourth-order valence-electron chi connectivity index (χ4n) is 1.50. The third kappa shape index (κ3) is 2.54. The zero-order valence-corrected chi connectivity index (χ0v) is 9.38. The lowest BCUT2D eigenvalue weighted by molar-refractivity contribution is 0.0993. The molecule has 2 aromatic rings. The summed E-state index contributed by atoms with van der Waals surface area (Å²) in [5, 5.41) is 2.05. The second-order valence-corrected chi connectivity index (χ2v) is 4.65. The lowest BCUT2D eigenvalue weighted by Gasteiger charge is -1.98. The average molecular weight is 216 g/mol. The summed E-state index contributed by atoms with van der Waals surface area (Å²) in [5.41, 5.74) is 1.91. The number of benzene rings is 1. The van der Waals surface area contributed by atoms with Crippen molar-refractivity contribution in [2.24, 2.45) is 0 Å². The summed E-state index contributed by atoms with van der Waals surface area (Å²) in [4.78, 5) is 13.1. The third-order valence-electron chi connectivity index (χ3n) is 2.25. The van der Waals surface area contributed by atoms with E-state index >= 15 is 0 Å². The normalized spacial score (nSPS) is 10.2. The number of aryl methyl sites for hydroxylation is 1. The number of ketones is 1. The van der Waals surface area contributed by atoms with Gasteiger partial charge in [-0.2, -0.15) is 0 Å². The van der Waals surface area contributed by atoms with Gasteiger partial charge in [0.25, 0.3) is 0 Å². The van der Waals surface area contributed by atoms with Gasteiger partial charge in [0.05, 0.1) is 0 Å². The number of hydrogen-bond donors (Lipinski definition) is 0. The first-order valence-corrected chi connectivity index (χ1v) is 5.76. The molecule has 1 aromatic carbocycles. The molecule has 15 heavy (non-hydrogen) atoms. The quantitative estimate of drug-likeness (QED) is 0.718. The molecule has 0 aliphatic rings. The van der Waals surface area contributed by atoms with Gasteiger partial charge in [0.1, 0.15) is 0 Å². The van der Waals surface area contributed by atoms with E-state index in [1.165, 1.54) is 4.88 Å². The second kappa shape index (κ2) is 4.41. The lowest BCUT2D eigenvalue weighted by Crippen LogP contribution is -2.01. The summed E-state index contributed by atoms with van der Waals surface area (Å²) in [6.07, 6.45) is 0.508. The summed E-state index contributed by atoms with van der Waals surface area (Å²) in [6, 6.07) is 11.5. The Morgan fingerprint density at radius 3 is 2.60 bits per heavy atom. The molecule has 1 aromatic heterocycles. The van der Waals surface area contributed by atoms with Crippen LogP contribution in [0.3, 0.4) is 0 Å². The van der Waals surface area contributed by atoms with Crippen LogP contribution in [-0.2, 0) is 6.42 Å². The average Bonchev–Trinajstić information content (AvgIpc) is 2.65. The summed E-state index contributed by atoms with van der Waals surface area (Å²) in [6.45, 7) is 2.06. The molecule has 0 amide bonds. The first-order chi connectivity index (χ1) is 7.25. The van der Waals surface area contributed by atoms with Gasteiger partial charge in [0.2, 0.25) is 0 Å². The first-order valence-electron chi connectivity index (χ1n) is 4.88. The van der Waals surface area contributed by atoms with Crippen LogP contribution in [0.2, 0.25) is 0 Å². The second-order valence-electron chi connectivity index (χ2n) is 3.53. The zero-order valence-electron chi connectivity index (χ0n) is 8.57. The van der Waals surface area contributed by atoms with E-state index in [0.717, 1.165) is 11.1 Å². The summed E-state index contributed by atoms with van der Waals surface area (Å²) >= 11 is 1.69. The molecule has 0 unspecified atom stereocenters. The van der Waals surface area contributed by atoms with E-state index in [0.29, 0.717) is 6.42 Å². The van der Waals surface area contributed by atoms with Crippen molar-refractivity contribution in [3.63, 3.8) is 0 Å². The molecule has 1 heterocycles. The van der Waals surface area contributed by atoms with Gasteiger partial charge in [-0.15, -0.1) is 11.3 Å². The number of Topliss-reactive ketones (excluding diaryl/α,β-unsaturated/α-hetero) is 1. The van der Waals surface area contributed by atoms with Crippen molar-refractivity contribution in [1.29, 1.82) is 0 Å². The molecule has 76 valence electrons. The maximum absolute atomic E-state index is 11.8. The highest BCUT2D eigenvalue weighted by Crippen LogP contribution is 2.15. The predicted octanol–water partition coefficient (Wildman–Crippen LogP) is 3.48. The van der Waals surface area contributed by atoms with E-state index in [1.807, 2.05) is 30.3 Å². The number of carbonyl (C=O) groups is 1. The van der Waals surface area contributed by atoms with Gasteiger partial charge < -0.3 is 0 Å². The molecule has 0 spiro atoms. The van der Waals surface area contributed by atoms with Gasteiger partial charge >= 0.3 is 0 Å². The topological polar surface area (TPSA) is 17.1 Å². The molecular formula is C13H12OS. The number of rotatable bonds is 3. The van der Waals surface area contributed by atoms with Crippen LogP contribution >= 0.6 is 11.3 Å². The monoisotopic (exact) mass is 216 g/mol. The molecule has 2 rings (SSSR count). The summed E-state index contributed by atoms with van der Waals surface area (Å²) < 4.78 is 0. The van der Waals surface area contributed by atoms with Crippen LogP contribution in [0.25, 0.3) is 0 Å². The van der Waals surface area contributed by atoms with Gasteiger partial charge in [-0.1, -0.05) is 30.3 Å². The van der Waals surface area contributed by atoms with Crippen LogP contribution in [-0.4, -0.2) is 5.78 Å². The Labute approximate surface area is 93.4 Å². The predicted molar refractivity (Wildman–Crippen MR) is 63.5 cm³/mol. The van der Waals surface area contributed by atoms with Gasteiger partial charge in [0.15, 0.2) is 5.78 Å². The summed E-state index contributed by atoms with van der Waals surface area (Å²) in [5.74, 6) is 0.188. The minimum absolute atomic E-state index is 0.188. The highest BCUT2D eigenvalue weighted by Gasteiger charge is 2.06. The fraction of sp³-hybridized carbons (Fsp3) is 0.154. The molecule has 0 saturated carbocycles. The molecule has 0 N–H and O–H groups in total. The molecule has 0 aliphatic heterocycles. The summed E-state index contributed by atoms with van der Waals surface area (Å²) in [7, 11) is 0. The molecule has 0 atom stereocenters. The lowest BCUT2D eigenvalue weighted by atomic mass is 10.1. The van der Waals surface area contributed by atoms with E-state index in [1.54, 1.807) is 11.3 Å². The molecule has 0 aliphatic carbocycles. The first kappa shape index (κ1) is 10.1. The maximum Gasteiger partial charge on any atom is 0.167 e. The molecule has 0 bridgehead atoms. The minimum atomic E-state index is 0.188. The molecule has 1 nitrogen and oxygen atoms in total. The number of hydrogen-bond acceptors (Lipinski definition) is 2. The van der Waals surface area contributed by atoms with Crippen molar-refractivity contribution in [3.05, 3.63) is 57.8 Å². The fourth-order valence-corrected chi connectivity index (χ4v) is 2.21. The molecular weight excluding hydrogens is 204 g/mol. The van der Waals surface area contributed by atoms with Crippen LogP contribution in [0.1, 0.15) is 20.8 Å². The molecule has 2 heteroatoms. The third-order valence-corrected chi connectivity index (χ3v) is 3.16. The number of thiophene rings is 1.